The van der Waals surface area contributed by atoms with Crippen LogP contribution >= 0.6 is 9.84 Å². The molecule has 1 nitrogen and oxygen atoms in total. The first-order valence-electron chi connectivity index (χ1n) is 32.0. The van der Waals surface area contributed by atoms with Gasteiger partial charge in [0.1, 0.15) is 0 Å². The molecule has 0 unspecified atom stereocenters. The van der Waals surface area contributed by atoms with Crippen molar-refractivity contribution in [1.82, 2.24) is 0 Å². The summed E-state index contributed by atoms with van der Waals surface area (Å²) in [6.45, 7) is 186. The first kappa shape index (κ1) is 103. The fourth-order valence-electron chi connectivity index (χ4n) is 5.94. The summed E-state index contributed by atoms with van der Waals surface area (Å²) in [4.78, 5) is 0. The quantitative estimate of drug-likeness (QED) is 0.0552. The van der Waals surface area contributed by atoms with Crippen molar-refractivity contribution in [3.8, 4) is 0 Å². The zero-order valence-corrected chi connectivity index (χ0v) is 57.0. The minimum absolute atomic E-state index is 0.613. The zero-order chi connectivity index (χ0) is 69.3. The molecule has 0 atom stereocenters. The maximum atomic E-state index is 5.75. The van der Waals surface area contributed by atoms with Gasteiger partial charge in [0.2, 0.25) is 0 Å². The Morgan fingerprint density at radius 1 is 0.155 bits per heavy atom. The second-order valence-electron chi connectivity index (χ2n) is 18.2. The van der Waals surface area contributed by atoms with E-state index in [0.717, 1.165) is 0 Å². The molecule has 0 aromatic rings. The summed E-state index contributed by atoms with van der Waals surface area (Å²) >= 11 is 0. The molecule has 0 fully saturated rings. The third-order valence-electron chi connectivity index (χ3n) is 10.4. The second kappa shape index (κ2) is 100. The monoisotopic (exact) mass is 1100 g/mol. The Morgan fingerprint density at radius 3 is 0.320 bits per heavy atom. The Labute approximate surface area is 643 Å². The van der Waals surface area contributed by atoms with Crippen LogP contribution in [0.25, 0.3) is 0 Å². The van der Waals surface area contributed by atoms with Crippen molar-refractivity contribution in [2.24, 2.45) is 0 Å². The van der Waals surface area contributed by atoms with E-state index in [1.807, 2.05) is 602 Å². The molecule has 304 valence electrons. The summed E-state index contributed by atoms with van der Waals surface area (Å²) in [5.41, 5.74) is 0. The Morgan fingerprint density at radius 2 is 0.237 bits per heavy atom. The average molecular weight is 1080 g/mol. The molecule has 97 heavy (non-hydrogen) atoms. The van der Waals surface area contributed by atoms with Crippen molar-refractivity contribution in [3.63, 3.8) is 0 Å². The van der Waals surface area contributed by atoms with Gasteiger partial charge in [0.25, 0.3) is 0 Å². The molecule has 0 bridgehead atoms. The van der Waals surface area contributed by atoms with Crippen LogP contribution in [-0.4, -0.2) is 629 Å². The van der Waals surface area contributed by atoms with Crippen molar-refractivity contribution in [2.45, 2.75) is 6.92 Å². The van der Waals surface area contributed by atoms with Crippen LogP contribution in [0.1, 0.15) is 6.92 Å². The second-order valence-corrected chi connectivity index (χ2v) is 19.4. The molecule has 0 aromatic carbocycles. The standard InChI is InChI=1S/C2H5B93OS/c1-2-96-97(4)95-94-93-92-91-90-89-88-87-86-85-84-83-82-81-80-79-78-77-76-75-74-73-72-71-70-69-68-67-66-65-64-63-62-61-60-59-58-57-56-55-54-53-52-51-50-49-48-47-46-45-44-43-42-41-40-39-38-37-36-35-34-33-32-31-30-29-28-27-26-25-24-23-22-21-20-19-18-17-16-15-14-13-12-11-10-9-8-7-6-5-3/h2H2,1H3. The third-order valence-corrected chi connectivity index (χ3v) is 11.3. The van der Waals surface area contributed by atoms with Gasteiger partial charge < -0.3 is 0 Å². The predicted molar refractivity (Wildman–Crippen MR) is 554 cm³/mol. The Bertz CT molecular complexity index is 3690. The van der Waals surface area contributed by atoms with E-state index >= 15 is 0 Å². The van der Waals surface area contributed by atoms with Gasteiger partial charge >= 0.3 is 650 Å². The summed E-state index contributed by atoms with van der Waals surface area (Å²) in [5, 5.41) is 0. The zero-order valence-electron chi connectivity index (χ0n) is 56.2. The van der Waals surface area contributed by atoms with Crippen LogP contribution in [-0.2, 0) is 4.18 Å². The van der Waals surface area contributed by atoms with E-state index in [-0.39, 0.29) is 0 Å². The van der Waals surface area contributed by atoms with E-state index < -0.39 is 9.84 Å². The van der Waals surface area contributed by atoms with Crippen molar-refractivity contribution in [3.05, 3.63) is 0 Å². The van der Waals surface area contributed by atoms with Gasteiger partial charge in [-0.3, -0.25) is 0 Å². The molecule has 2 radical (unpaired) electrons. The molecule has 0 aliphatic heterocycles. The Kier molecular flexibility index (Phi) is 107. The first-order valence-corrected chi connectivity index (χ1v) is 33.2. The first-order chi connectivity index (χ1) is 48.3. The van der Waals surface area contributed by atoms with Crippen LogP contribution in [0, 0.1) is 0 Å². The number of hydrogen-bond donors (Lipinski definition) is 0. The third kappa shape index (κ3) is 100. The van der Waals surface area contributed by atoms with Crippen molar-refractivity contribution in [1.29, 1.82) is 0 Å². The molecule has 95 heteroatoms. The molecule has 0 saturated heterocycles. The Balaban J connectivity index is 4.12. The van der Waals surface area contributed by atoms with Gasteiger partial charge in [0, 0.05) is 0 Å². The van der Waals surface area contributed by atoms with E-state index in [4.69, 9.17) is 18.5 Å². The van der Waals surface area contributed by atoms with Crippen molar-refractivity contribution < 1.29 is 4.18 Å². The topological polar surface area (TPSA) is 9.23 Å². The molecular weight excluding hydrogens is 1080 g/mol. The molecule has 0 aromatic heterocycles. The summed E-state index contributed by atoms with van der Waals surface area (Å²) in [6, 6.07) is 1.84. The Hall–Kier alpha value is 6.22. The van der Waals surface area contributed by atoms with Gasteiger partial charge in [-0.25, -0.2) is 0 Å². The van der Waals surface area contributed by atoms with E-state index in [2.05, 4.69) is 0 Å². The van der Waals surface area contributed by atoms with E-state index in [1.54, 1.807) is 6.69 Å². The van der Waals surface area contributed by atoms with Crippen LogP contribution in [0.5, 0.6) is 0 Å². The number of rotatable bonds is 46. The van der Waals surface area contributed by atoms with Gasteiger partial charge in [-0.2, -0.15) is 0 Å². The van der Waals surface area contributed by atoms with Crippen LogP contribution in [0.3, 0.4) is 0 Å². The van der Waals surface area contributed by atoms with Gasteiger partial charge in [-0.05, 0) is 0 Å². The molecule has 0 saturated carbocycles. The SMILES string of the molecule is [B]B=BB=BB=BB=BB=BB=BB=BB=BB=BB=BB=BB=BB=BB=BB=BB=BB=BB=BB=BB=BB=BB=BB=BB=BB=BB=BB=BB=BB=BB=BB=BB=BB=BB=BB=BB=BB=BB=BB=BB=BB=BB=BB=BB=BB=BB=S(#B)OCC. The minimum atomic E-state index is -0.615. The van der Waals surface area contributed by atoms with Crippen molar-refractivity contribution >= 4 is 632 Å². The summed E-state index contributed by atoms with van der Waals surface area (Å²) in [5.74, 6) is 0. The molecule has 0 amide bonds. The molecule has 0 heterocycles. The van der Waals surface area contributed by atoms with E-state index in [9.17, 15) is 0 Å². The average Bonchev–Trinajstić information content (AvgIpc) is 3.62. The molecule has 0 aliphatic rings. The van der Waals surface area contributed by atoms with E-state index in [1.165, 1.54) is 6.69 Å². The maximum absolute atomic E-state index is 5.75. The summed E-state index contributed by atoms with van der Waals surface area (Å²) in [6.07, 6.45) is 0. The summed E-state index contributed by atoms with van der Waals surface area (Å²) < 4.78 is 5.26. The van der Waals surface area contributed by atoms with Crippen LogP contribution in [0.15, 0.2) is 0 Å². The molecule has 0 spiro atoms. The summed E-state index contributed by atoms with van der Waals surface area (Å²) in [7, 11) is 4.65. The molecular formula is C2H5B93OS. The van der Waals surface area contributed by atoms with Crippen LogP contribution in [0.4, 0.5) is 0 Å². The predicted octanol–water partition coefficient (Wildman–Crippen LogP) is -34.3. The normalized spacial score (nSPS) is 8.22. The van der Waals surface area contributed by atoms with E-state index in [0.29, 0.717) is 6.61 Å². The fourth-order valence-corrected chi connectivity index (χ4v) is 6.54. The molecule has 0 aliphatic carbocycles. The van der Waals surface area contributed by atoms with Crippen LogP contribution < -0.4 is 0 Å². The van der Waals surface area contributed by atoms with Gasteiger partial charge in [-0.1, -0.05) is 0 Å². The van der Waals surface area contributed by atoms with Gasteiger partial charge in [0.05, 0.1) is 0 Å². The van der Waals surface area contributed by atoms with Gasteiger partial charge in [-0.15, -0.1) is 0 Å². The van der Waals surface area contributed by atoms with Crippen molar-refractivity contribution in [2.75, 3.05) is 6.61 Å². The van der Waals surface area contributed by atoms with Gasteiger partial charge in [0.15, 0.2) is 0 Å². The molecule has 0 rings (SSSR count). The fraction of sp³-hybridized carbons (Fsp3) is 1.00. The van der Waals surface area contributed by atoms with Crippen LogP contribution in [0.2, 0.25) is 0 Å². The molecule has 0 N–H and O–H groups in total. The number of hydrogen-bond acceptors (Lipinski definition) is 1.